The van der Waals surface area contributed by atoms with Crippen LogP contribution in [0.2, 0.25) is 0 Å². The molecule has 1 radical (unpaired) electrons. The van der Waals surface area contributed by atoms with Crippen molar-refractivity contribution in [2.24, 2.45) is 0 Å². The van der Waals surface area contributed by atoms with E-state index in [-0.39, 0.29) is 6.79 Å². The van der Waals surface area contributed by atoms with Crippen LogP contribution < -0.4 is 4.74 Å². The number of rotatable bonds is 4. The zero-order chi connectivity index (χ0) is 9.68. The van der Waals surface area contributed by atoms with Crippen LogP contribution in [0.5, 0.6) is 5.75 Å². The summed E-state index contributed by atoms with van der Waals surface area (Å²) in [7, 11) is 1.53. The molecule has 0 bridgehead atoms. The molecule has 2 nitrogen and oxygen atoms in total. The molecule has 0 aliphatic heterocycles. The van der Waals surface area contributed by atoms with E-state index in [1.165, 1.54) is 7.11 Å². The van der Waals surface area contributed by atoms with E-state index in [0.29, 0.717) is 11.3 Å². The standard InChI is InChI=1S/C10H12FO2/c1-8(11)9-4-3-5-10(6-9)13-7-12-2/h3-6,8H,1,7H2,2H3. The fraction of sp³-hybridized carbons (Fsp3) is 0.300. The van der Waals surface area contributed by atoms with Crippen molar-refractivity contribution in [3.05, 3.63) is 36.8 Å². The van der Waals surface area contributed by atoms with Crippen molar-refractivity contribution >= 4 is 0 Å². The van der Waals surface area contributed by atoms with Crippen molar-refractivity contribution in [3.8, 4) is 5.75 Å². The van der Waals surface area contributed by atoms with Crippen molar-refractivity contribution in [2.75, 3.05) is 13.9 Å². The molecule has 1 aromatic carbocycles. The Morgan fingerprint density at radius 3 is 2.92 bits per heavy atom. The van der Waals surface area contributed by atoms with Crippen LogP contribution in [0.25, 0.3) is 0 Å². The number of hydrogen-bond acceptors (Lipinski definition) is 2. The molecule has 0 saturated carbocycles. The first kappa shape index (κ1) is 9.99. The number of alkyl halides is 1. The summed E-state index contributed by atoms with van der Waals surface area (Å²) >= 11 is 0. The van der Waals surface area contributed by atoms with E-state index in [4.69, 9.17) is 9.47 Å². The van der Waals surface area contributed by atoms with Gasteiger partial charge in [0.1, 0.15) is 11.9 Å². The fourth-order valence-corrected chi connectivity index (χ4v) is 0.926. The minimum absolute atomic E-state index is 0.164. The topological polar surface area (TPSA) is 18.5 Å². The average Bonchev–Trinajstić information content (AvgIpc) is 2.15. The number of methoxy groups -OCH3 is 1. The molecule has 0 fully saturated rings. The maximum Gasteiger partial charge on any atom is 0.188 e. The van der Waals surface area contributed by atoms with Gasteiger partial charge in [-0.2, -0.15) is 0 Å². The normalized spacial score (nSPS) is 12.5. The number of hydrogen-bond donors (Lipinski definition) is 0. The highest BCUT2D eigenvalue weighted by Gasteiger charge is 2.03. The Hall–Kier alpha value is -1.09. The fourth-order valence-electron chi connectivity index (χ4n) is 0.926. The van der Waals surface area contributed by atoms with Gasteiger partial charge in [-0.1, -0.05) is 12.1 Å². The summed E-state index contributed by atoms with van der Waals surface area (Å²) in [6.45, 7) is 3.44. The molecule has 1 rings (SSSR count). The van der Waals surface area contributed by atoms with Gasteiger partial charge in [-0.3, -0.25) is 0 Å². The average molecular weight is 183 g/mol. The van der Waals surface area contributed by atoms with Crippen molar-refractivity contribution in [3.63, 3.8) is 0 Å². The highest BCUT2D eigenvalue weighted by atomic mass is 19.1. The zero-order valence-corrected chi connectivity index (χ0v) is 7.50. The van der Waals surface area contributed by atoms with Crippen LogP contribution in [0.15, 0.2) is 24.3 Å². The summed E-state index contributed by atoms with van der Waals surface area (Å²) in [5, 5.41) is 0. The third-order valence-electron chi connectivity index (χ3n) is 1.56. The Kier molecular flexibility index (Phi) is 3.71. The van der Waals surface area contributed by atoms with Crippen molar-refractivity contribution in [1.29, 1.82) is 0 Å². The van der Waals surface area contributed by atoms with Gasteiger partial charge in [0.15, 0.2) is 6.79 Å². The van der Waals surface area contributed by atoms with E-state index in [1.54, 1.807) is 24.3 Å². The van der Waals surface area contributed by atoms with Gasteiger partial charge in [-0.25, -0.2) is 4.39 Å². The van der Waals surface area contributed by atoms with Crippen LogP contribution >= 0.6 is 0 Å². The number of halogens is 1. The quantitative estimate of drug-likeness (QED) is 0.668. The lowest BCUT2D eigenvalue weighted by molar-refractivity contribution is 0.0510. The van der Waals surface area contributed by atoms with Gasteiger partial charge in [0, 0.05) is 7.11 Å². The van der Waals surface area contributed by atoms with Crippen LogP contribution in [-0.2, 0) is 4.74 Å². The minimum Gasteiger partial charge on any atom is -0.468 e. The molecular weight excluding hydrogens is 171 g/mol. The Morgan fingerprint density at radius 1 is 1.54 bits per heavy atom. The second-order valence-electron chi connectivity index (χ2n) is 2.59. The van der Waals surface area contributed by atoms with Gasteiger partial charge in [-0.15, -0.1) is 0 Å². The summed E-state index contributed by atoms with van der Waals surface area (Å²) in [5.41, 5.74) is 0.508. The van der Waals surface area contributed by atoms with Crippen LogP contribution in [0.1, 0.15) is 11.7 Å². The van der Waals surface area contributed by atoms with Gasteiger partial charge in [0.2, 0.25) is 0 Å². The smallest absolute Gasteiger partial charge is 0.188 e. The molecule has 1 unspecified atom stereocenters. The number of benzene rings is 1. The Morgan fingerprint density at radius 2 is 2.31 bits per heavy atom. The predicted molar refractivity (Wildman–Crippen MR) is 48.2 cm³/mol. The number of ether oxygens (including phenoxy) is 2. The van der Waals surface area contributed by atoms with E-state index >= 15 is 0 Å². The van der Waals surface area contributed by atoms with Gasteiger partial charge < -0.3 is 9.47 Å². The monoisotopic (exact) mass is 183 g/mol. The highest BCUT2D eigenvalue weighted by molar-refractivity contribution is 5.30. The van der Waals surface area contributed by atoms with Crippen LogP contribution in [0.4, 0.5) is 4.39 Å². The molecule has 0 amide bonds. The summed E-state index contributed by atoms with van der Waals surface area (Å²) in [4.78, 5) is 0. The van der Waals surface area contributed by atoms with Crippen molar-refractivity contribution < 1.29 is 13.9 Å². The molecule has 71 valence electrons. The summed E-state index contributed by atoms with van der Waals surface area (Å²) in [5.74, 6) is 0.589. The van der Waals surface area contributed by atoms with Gasteiger partial charge in [0.05, 0.1) is 0 Å². The summed E-state index contributed by atoms with van der Waals surface area (Å²) in [6, 6.07) is 6.73. The van der Waals surface area contributed by atoms with Gasteiger partial charge in [0.25, 0.3) is 0 Å². The second-order valence-corrected chi connectivity index (χ2v) is 2.59. The van der Waals surface area contributed by atoms with Crippen LogP contribution in [0, 0.1) is 6.92 Å². The molecule has 3 heteroatoms. The van der Waals surface area contributed by atoms with Crippen LogP contribution in [0.3, 0.4) is 0 Å². The van der Waals surface area contributed by atoms with Crippen molar-refractivity contribution in [1.82, 2.24) is 0 Å². The molecular formula is C10H12FO2. The van der Waals surface area contributed by atoms with E-state index in [1.807, 2.05) is 0 Å². The first-order chi connectivity index (χ1) is 6.24. The van der Waals surface area contributed by atoms with E-state index in [0.717, 1.165) is 0 Å². The Balaban J connectivity index is 2.68. The molecule has 0 heterocycles. The maximum atomic E-state index is 12.7. The van der Waals surface area contributed by atoms with Crippen molar-refractivity contribution in [2.45, 2.75) is 6.17 Å². The molecule has 1 aromatic rings. The maximum absolute atomic E-state index is 12.7. The lowest BCUT2D eigenvalue weighted by Gasteiger charge is -2.07. The highest BCUT2D eigenvalue weighted by Crippen LogP contribution is 2.20. The first-order valence-corrected chi connectivity index (χ1v) is 3.93. The molecule has 0 aromatic heterocycles. The lowest BCUT2D eigenvalue weighted by atomic mass is 10.1. The predicted octanol–water partition coefficient (Wildman–Crippen LogP) is 2.51. The molecule has 0 N–H and O–H groups in total. The Labute approximate surface area is 77.3 Å². The summed E-state index contributed by atoms with van der Waals surface area (Å²) < 4.78 is 22.6. The first-order valence-electron chi connectivity index (χ1n) is 3.93. The molecule has 0 aliphatic carbocycles. The van der Waals surface area contributed by atoms with E-state index < -0.39 is 6.17 Å². The third kappa shape index (κ3) is 3.03. The summed E-state index contributed by atoms with van der Waals surface area (Å²) in [6.07, 6.45) is -1.22. The molecule has 0 aliphatic rings. The zero-order valence-electron chi connectivity index (χ0n) is 7.50. The van der Waals surface area contributed by atoms with E-state index in [9.17, 15) is 4.39 Å². The SMILES string of the molecule is [CH2]C(F)c1cccc(OCOC)c1. The largest absolute Gasteiger partial charge is 0.468 e. The molecule has 13 heavy (non-hydrogen) atoms. The Bertz CT molecular complexity index is 261. The van der Waals surface area contributed by atoms with Gasteiger partial charge in [-0.05, 0) is 24.6 Å². The van der Waals surface area contributed by atoms with Crippen LogP contribution in [-0.4, -0.2) is 13.9 Å². The van der Waals surface area contributed by atoms with Gasteiger partial charge >= 0.3 is 0 Å². The van der Waals surface area contributed by atoms with E-state index in [2.05, 4.69) is 6.92 Å². The minimum atomic E-state index is -1.22. The third-order valence-corrected chi connectivity index (χ3v) is 1.56. The molecule has 0 saturated heterocycles. The second kappa shape index (κ2) is 4.82. The molecule has 1 atom stereocenters. The lowest BCUT2D eigenvalue weighted by Crippen LogP contribution is -1.99. The molecule has 0 spiro atoms.